The maximum absolute atomic E-state index is 13.9. The maximum atomic E-state index is 13.9. The molecular weight excluding hydrogens is 515 g/mol. The van der Waals surface area contributed by atoms with Gasteiger partial charge in [-0.3, -0.25) is 14.6 Å². The number of rotatable bonds is 4. The van der Waals surface area contributed by atoms with Gasteiger partial charge in [0, 0.05) is 44.7 Å². The quantitative estimate of drug-likeness (QED) is 0.489. The van der Waals surface area contributed by atoms with Crippen molar-refractivity contribution in [3.8, 4) is 5.75 Å². The third-order valence-corrected chi connectivity index (χ3v) is 6.08. The zero-order valence-corrected chi connectivity index (χ0v) is 19.0. The molecule has 0 N–H and O–H groups in total. The molecule has 0 bridgehead atoms. The van der Waals surface area contributed by atoms with Crippen LogP contribution in [0.5, 0.6) is 5.75 Å². The lowest BCUT2D eigenvalue weighted by atomic mass is 9.90. The van der Waals surface area contributed by atoms with Gasteiger partial charge in [0.15, 0.2) is 5.75 Å². The number of halogens is 7. The van der Waals surface area contributed by atoms with Crippen molar-refractivity contribution in [1.29, 1.82) is 0 Å². The molecule has 0 unspecified atom stereocenters. The highest BCUT2D eigenvalue weighted by Gasteiger charge is 2.46. The topological polar surface area (TPSA) is 70.2 Å². The number of benzene rings is 2. The number of Topliss-reactive ketones (excluding diaryl/α,β-unsaturated/α-hetero) is 1. The second-order valence-electron chi connectivity index (χ2n) is 8.50. The summed E-state index contributed by atoms with van der Waals surface area (Å²) in [5.41, 5.74) is -4.50. The molecule has 1 aliphatic carbocycles. The third-order valence-electron chi connectivity index (χ3n) is 6.08. The highest BCUT2D eigenvalue weighted by molar-refractivity contribution is 5.99. The van der Waals surface area contributed by atoms with Crippen LogP contribution in [0.15, 0.2) is 36.4 Å². The zero-order valence-electron chi connectivity index (χ0n) is 19.0. The van der Waals surface area contributed by atoms with Crippen molar-refractivity contribution in [2.24, 2.45) is 0 Å². The van der Waals surface area contributed by atoms with E-state index in [1.54, 1.807) is 0 Å². The molecule has 14 heteroatoms. The second kappa shape index (κ2) is 9.23. The van der Waals surface area contributed by atoms with Crippen molar-refractivity contribution in [1.82, 2.24) is 4.90 Å². The Morgan fingerprint density at radius 3 is 2.14 bits per heavy atom. The van der Waals surface area contributed by atoms with Crippen LogP contribution in [-0.4, -0.2) is 49.0 Å². The second-order valence-corrected chi connectivity index (χ2v) is 8.50. The fourth-order valence-electron chi connectivity index (χ4n) is 4.02. The van der Waals surface area contributed by atoms with Crippen LogP contribution >= 0.6 is 0 Å². The summed E-state index contributed by atoms with van der Waals surface area (Å²) in [5.74, 6) is -2.08. The van der Waals surface area contributed by atoms with Gasteiger partial charge in [-0.25, -0.2) is 14.0 Å². The van der Waals surface area contributed by atoms with E-state index in [9.17, 15) is 45.1 Å². The summed E-state index contributed by atoms with van der Waals surface area (Å²) in [6, 6.07) is 2.89. The first-order valence-electron chi connectivity index (χ1n) is 10.8. The zero-order chi connectivity index (χ0) is 27.3. The van der Waals surface area contributed by atoms with Gasteiger partial charge in [-0.15, -0.1) is 0 Å². The van der Waals surface area contributed by atoms with Crippen LogP contribution in [0.25, 0.3) is 0 Å². The Kier molecular flexibility index (Phi) is 6.54. The number of hydrogen-bond acceptors (Lipinski definition) is 4. The average Bonchev–Trinajstić information content (AvgIpc) is 3.16. The standard InChI is InChI=1S/C23H18F7N3O4/c1-31(14-4-2-13(24)3-5-14)21(36)37-19-17(23(28,29)30)8-12(22(25,26)27)9-18(19)33-7-6-32(20(33)35)15-10-16(34)11-15/h2-5,8-9,15H,6-7,10-11H2,1H3. The lowest BCUT2D eigenvalue weighted by Crippen LogP contribution is -2.47. The SMILES string of the molecule is CN(C(=O)Oc1c(N2CCN(C3CC(=O)C3)C2=O)cc(C(F)(F)F)cc1C(F)(F)F)c1ccc(F)cc1. The molecule has 1 saturated heterocycles. The highest BCUT2D eigenvalue weighted by atomic mass is 19.4. The van der Waals surface area contributed by atoms with Gasteiger partial charge in [0.05, 0.1) is 11.3 Å². The summed E-state index contributed by atoms with van der Waals surface area (Å²) in [7, 11) is 1.10. The molecular formula is C23H18F7N3O4. The minimum Gasteiger partial charge on any atom is -0.407 e. The van der Waals surface area contributed by atoms with Gasteiger partial charge in [0.1, 0.15) is 17.2 Å². The Morgan fingerprint density at radius 2 is 1.59 bits per heavy atom. The average molecular weight is 533 g/mol. The first-order chi connectivity index (χ1) is 17.2. The fourth-order valence-corrected chi connectivity index (χ4v) is 4.02. The predicted octanol–water partition coefficient (Wildman–Crippen LogP) is 5.47. The highest BCUT2D eigenvalue weighted by Crippen LogP contribution is 2.47. The Labute approximate surface area is 205 Å². The Hall–Kier alpha value is -3.84. The molecule has 3 amide bonds. The predicted molar refractivity (Wildman–Crippen MR) is 115 cm³/mol. The summed E-state index contributed by atoms with van der Waals surface area (Å²) >= 11 is 0. The van der Waals surface area contributed by atoms with Crippen LogP contribution in [0.4, 0.5) is 51.7 Å². The third kappa shape index (κ3) is 5.18. The number of carbonyl (C=O) groups excluding carboxylic acids is 3. The first-order valence-corrected chi connectivity index (χ1v) is 10.8. The van der Waals surface area contributed by atoms with Crippen molar-refractivity contribution in [2.45, 2.75) is 31.2 Å². The molecule has 198 valence electrons. The van der Waals surface area contributed by atoms with Crippen LogP contribution < -0.4 is 14.5 Å². The van der Waals surface area contributed by atoms with E-state index < -0.39 is 58.9 Å². The van der Waals surface area contributed by atoms with Gasteiger partial charge >= 0.3 is 24.5 Å². The summed E-state index contributed by atoms with van der Waals surface area (Å²) in [6.07, 6.45) is -12.0. The molecule has 7 nitrogen and oxygen atoms in total. The molecule has 1 aliphatic heterocycles. The van der Waals surface area contributed by atoms with Gasteiger partial charge in [-0.05, 0) is 36.4 Å². The van der Waals surface area contributed by atoms with E-state index in [1.807, 2.05) is 0 Å². The van der Waals surface area contributed by atoms with E-state index in [-0.39, 0.29) is 43.5 Å². The van der Waals surface area contributed by atoms with Crippen molar-refractivity contribution in [2.75, 3.05) is 29.9 Å². The summed E-state index contributed by atoms with van der Waals surface area (Å²) < 4.78 is 101. The Bertz CT molecular complexity index is 1240. The number of amides is 3. The molecule has 2 fully saturated rings. The normalized spacial score (nSPS) is 16.8. The van der Waals surface area contributed by atoms with Crippen molar-refractivity contribution >= 4 is 29.3 Å². The molecule has 0 radical (unpaired) electrons. The number of ketones is 1. The molecule has 1 saturated carbocycles. The number of anilines is 2. The maximum Gasteiger partial charge on any atom is 0.420 e. The van der Waals surface area contributed by atoms with Crippen LogP contribution in [0.1, 0.15) is 24.0 Å². The Balaban J connectivity index is 1.78. The number of alkyl halides is 6. The summed E-state index contributed by atoms with van der Waals surface area (Å²) in [4.78, 5) is 39.6. The van der Waals surface area contributed by atoms with E-state index in [0.29, 0.717) is 11.0 Å². The lowest BCUT2D eigenvalue weighted by molar-refractivity contribution is -0.143. The summed E-state index contributed by atoms with van der Waals surface area (Å²) in [5, 5.41) is 0. The molecule has 2 aliphatic rings. The first kappa shape index (κ1) is 26.2. The van der Waals surface area contributed by atoms with E-state index in [1.165, 1.54) is 4.90 Å². The van der Waals surface area contributed by atoms with Gasteiger partial charge < -0.3 is 9.64 Å². The van der Waals surface area contributed by atoms with Gasteiger partial charge in [-0.2, -0.15) is 26.3 Å². The molecule has 2 aromatic carbocycles. The number of carbonyl (C=O) groups is 3. The van der Waals surface area contributed by atoms with Crippen LogP contribution in [0.2, 0.25) is 0 Å². The number of urea groups is 1. The van der Waals surface area contributed by atoms with Crippen LogP contribution in [0, 0.1) is 5.82 Å². The molecule has 0 atom stereocenters. The van der Waals surface area contributed by atoms with E-state index in [4.69, 9.17) is 4.74 Å². The molecule has 0 spiro atoms. The monoisotopic (exact) mass is 533 g/mol. The van der Waals surface area contributed by atoms with Crippen molar-refractivity contribution in [3.63, 3.8) is 0 Å². The number of ether oxygens (including phenoxy) is 1. The summed E-state index contributed by atoms with van der Waals surface area (Å²) in [6.45, 7) is -0.363. The minimum atomic E-state index is -5.40. The van der Waals surface area contributed by atoms with Gasteiger partial charge in [0.25, 0.3) is 0 Å². The fraction of sp³-hybridized carbons (Fsp3) is 0.348. The molecule has 4 rings (SSSR count). The van der Waals surface area contributed by atoms with E-state index >= 15 is 0 Å². The van der Waals surface area contributed by atoms with E-state index in [2.05, 4.69) is 0 Å². The lowest BCUT2D eigenvalue weighted by Gasteiger charge is -2.33. The number of nitrogens with zero attached hydrogens (tertiary/aromatic N) is 3. The largest absolute Gasteiger partial charge is 0.420 e. The molecule has 1 heterocycles. The smallest absolute Gasteiger partial charge is 0.407 e. The van der Waals surface area contributed by atoms with Gasteiger partial charge in [-0.1, -0.05) is 0 Å². The minimum absolute atomic E-state index is 0.0199. The number of hydrogen-bond donors (Lipinski definition) is 0. The Morgan fingerprint density at radius 1 is 0.973 bits per heavy atom. The van der Waals surface area contributed by atoms with Crippen molar-refractivity contribution in [3.05, 3.63) is 53.3 Å². The molecule has 2 aromatic rings. The van der Waals surface area contributed by atoms with Crippen LogP contribution in [0.3, 0.4) is 0 Å². The van der Waals surface area contributed by atoms with E-state index in [0.717, 1.165) is 36.2 Å². The van der Waals surface area contributed by atoms with Gasteiger partial charge in [0.2, 0.25) is 0 Å². The molecule has 37 heavy (non-hydrogen) atoms. The van der Waals surface area contributed by atoms with Crippen molar-refractivity contribution < 1.29 is 49.9 Å². The van der Waals surface area contributed by atoms with Crippen LogP contribution in [-0.2, 0) is 17.1 Å². The molecule has 0 aromatic heterocycles.